The maximum atomic E-state index is 6.04. The van der Waals surface area contributed by atoms with Gasteiger partial charge in [0, 0.05) is 11.5 Å². The summed E-state index contributed by atoms with van der Waals surface area (Å²) < 4.78 is 6.04. The van der Waals surface area contributed by atoms with E-state index in [-0.39, 0.29) is 6.10 Å². The van der Waals surface area contributed by atoms with Gasteiger partial charge in [-0.05, 0) is 43.2 Å². The highest BCUT2D eigenvalue weighted by atomic mass is 16.5. The monoisotopic (exact) mass is 274 g/mol. The van der Waals surface area contributed by atoms with Crippen LogP contribution in [0.2, 0.25) is 0 Å². The van der Waals surface area contributed by atoms with Crippen LogP contribution in [0.15, 0.2) is 66.3 Å². The molecule has 0 amide bonds. The molecule has 2 aromatic rings. The first-order valence-corrected chi connectivity index (χ1v) is 7.45. The zero-order valence-electron chi connectivity index (χ0n) is 12.3. The van der Waals surface area contributed by atoms with Crippen LogP contribution in [0.5, 0.6) is 5.75 Å². The van der Waals surface area contributed by atoms with E-state index in [0.29, 0.717) is 5.92 Å². The summed E-state index contributed by atoms with van der Waals surface area (Å²) in [7, 11) is 0. The van der Waals surface area contributed by atoms with E-state index in [0.717, 1.165) is 5.75 Å². The Morgan fingerprint density at radius 2 is 1.81 bits per heavy atom. The van der Waals surface area contributed by atoms with Crippen molar-refractivity contribution in [2.75, 3.05) is 0 Å². The molecule has 0 spiro atoms. The maximum absolute atomic E-state index is 6.04. The van der Waals surface area contributed by atoms with Crippen LogP contribution in [0.1, 0.15) is 24.0 Å². The summed E-state index contributed by atoms with van der Waals surface area (Å²) in [5.41, 5.74) is 6.45. The number of fused-ring (bicyclic) bond motifs is 3. The lowest BCUT2D eigenvalue weighted by Gasteiger charge is -2.16. The van der Waals surface area contributed by atoms with Gasteiger partial charge in [-0.2, -0.15) is 0 Å². The topological polar surface area (TPSA) is 9.23 Å². The predicted molar refractivity (Wildman–Crippen MR) is 86.7 cm³/mol. The van der Waals surface area contributed by atoms with Gasteiger partial charge in [-0.25, -0.2) is 0 Å². The molecule has 0 saturated heterocycles. The smallest absolute Gasteiger partial charge is 0.128 e. The molecule has 4 rings (SSSR count). The van der Waals surface area contributed by atoms with E-state index < -0.39 is 0 Å². The van der Waals surface area contributed by atoms with E-state index >= 15 is 0 Å². The van der Waals surface area contributed by atoms with Crippen LogP contribution in [0.3, 0.4) is 0 Å². The summed E-state index contributed by atoms with van der Waals surface area (Å²) in [5, 5.41) is 0. The molecule has 1 heteroatoms. The van der Waals surface area contributed by atoms with Crippen LogP contribution in [0.25, 0.3) is 11.1 Å². The quantitative estimate of drug-likeness (QED) is 0.709. The minimum atomic E-state index is 0.163. The van der Waals surface area contributed by atoms with Crippen LogP contribution in [-0.4, -0.2) is 6.10 Å². The minimum Gasteiger partial charge on any atom is -0.485 e. The highest BCUT2D eigenvalue weighted by Crippen LogP contribution is 2.43. The zero-order chi connectivity index (χ0) is 14.4. The Hall–Kier alpha value is -2.28. The molecule has 2 atom stereocenters. The maximum Gasteiger partial charge on any atom is 0.128 e. The molecule has 1 aliphatic carbocycles. The molecule has 0 aromatic heterocycles. The Kier molecular flexibility index (Phi) is 2.75. The van der Waals surface area contributed by atoms with Crippen LogP contribution < -0.4 is 4.74 Å². The summed E-state index contributed by atoms with van der Waals surface area (Å²) in [6.45, 7) is 4.28. The third-order valence-electron chi connectivity index (χ3n) is 4.33. The second-order valence-corrected chi connectivity index (χ2v) is 6.00. The van der Waals surface area contributed by atoms with E-state index in [2.05, 4.69) is 74.5 Å². The van der Waals surface area contributed by atoms with Gasteiger partial charge in [-0.1, -0.05) is 53.6 Å². The van der Waals surface area contributed by atoms with Crippen molar-refractivity contribution < 1.29 is 4.74 Å². The standard InChI is InChI=1S/C20H18O/c1-13-4-3-5-15(10-13)16-7-9-20-18(12-16)17-11-14(2)6-8-19(17)21-20/h3-12,17,19H,1-2H3. The van der Waals surface area contributed by atoms with Crippen molar-refractivity contribution >= 4 is 0 Å². The SMILES string of the molecule is CC1=CC2c3cc(-c4cccc(C)c4)ccc3OC2C=C1. The molecule has 104 valence electrons. The number of aryl methyl sites for hydroxylation is 1. The van der Waals surface area contributed by atoms with E-state index in [9.17, 15) is 0 Å². The molecule has 0 fully saturated rings. The Labute approximate surface area is 125 Å². The molecule has 21 heavy (non-hydrogen) atoms. The van der Waals surface area contributed by atoms with E-state index in [1.807, 2.05) is 0 Å². The number of hydrogen-bond donors (Lipinski definition) is 0. The molecule has 2 aromatic carbocycles. The van der Waals surface area contributed by atoms with Crippen LogP contribution >= 0.6 is 0 Å². The molecule has 1 nitrogen and oxygen atoms in total. The summed E-state index contributed by atoms with van der Waals surface area (Å²) in [6, 6.07) is 15.2. The lowest BCUT2D eigenvalue weighted by atomic mass is 9.88. The lowest BCUT2D eigenvalue weighted by Crippen LogP contribution is -2.16. The van der Waals surface area contributed by atoms with Crippen molar-refractivity contribution in [1.82, 2.24) is 0 Å². The fourth-order valence-corrected chi connectivity index (χ4v) is 3.25. The number of ether oxygens (including phenoxy) is 1. The van der Waals surface area contributed by atoms with Crippen molar-refractivity contribution in [1.29, 1.82) is 0 Å². The zero-order valence-corrected chi connectivity index (χ0v) is 12.3. The van der Waals surface area contributed by atoms with Gasteiger partial charge in [0.25, 0.3) is 0 Å². The second kappa shape index (κ2) is 4.63. The van der Waals surface area contributed by atoms with Gasteiger partial charge in [0.1, 0.15) is 11.9 Å². The molecular formula is C20H18O. The normalized spacial score (nSPS) is 22.3. The Balaban J connectivity index is 1.79. The molecule has 0 bridgehead atoms. The fraction of sp³-hybridized carbons (Fsp3) is 0.200. The van der Waals surface area contributed by atoms with Gasteiger partial charge in [-0.15, -0.1) is 0 Å². The second-order valence-electron chi connectivity index (χ2n) is 6.00. The molecule has 0 radical (unpaired) electrons. The highest BCUT2D eigenvalue weighted by Gasteiger charge is 2.32. The Bertz CT molecular complexity index is 767. The first-order valence-electron chi connectivity index (χ1n) is 7.45. The molecule has 2 unspecified atom stereocenters. The van der Waals surface area contributed by atoms with Gasteiger partial charge in [0.05, 0.1) is 0 Å². The molecule has 2 aliphatic rings. The van der Waals surface area contributed by atoms with Crippen LogP contribution in [0.4, 0.5) is 0 Å². The summed E-state index contributed by atoms with van der Waals surface area (Å²) >= 11 is 0. The summed E-state index contributed by atoms with van der Waals surface area (Å²) in [6.07, 6.45) is 6.80. The predicted octanol–water partition coefficient (Wildman–Crippen LogP) is 5.02. The largest absolute Gasteiger partial charge is 0.485 e. The summed E-state index contributed by atoms with van der Waals surface area (Å²) in [4.78, 5) is 0. The minimum absolute atomic E-state index is 0.163. The molecule has 0 saturated carbocycles. The van der Waals surface area contributed by atoms with E-state index in [1.165, 1.54) is 27.8 Å². The third kappa shape index (κ3) is 2.09. The van der Waals surface area contributed by atoms with Crippen molar-refractivity contribution in [3.8, 4) is 16.9 Å². The molecule has 1 heterocycles. The van der Waals surface area contributed by atoms with Gasteiger partial charge >= 0.3 is 0 Å². The number of allylic oxidation sites excluding steroid dienone is 2. The van der Waals surface area contributed by atoms with Crippen LogP contribution in [0, 0.1) is 6.92 Å². The van der Waals surface area contributed by atoms with Crippen molar-refractivity contribution in [2.24, 2.45) is 0 Å². The molecular weight excluding hydrogens is 256 g/mol. The Morgan fingerprint density at radius 3 is 2.67 bits per heavy atom. The van der Waals surface area contributed by atoms with E-state index in [4.69, 9.17) is 4.74 Å². The molecule has 0 N–H and O–H groups in total. The highest BCUT2D eigenvalue weighted by molar-refractivity contribution is 5.68. The number of rotatable bonds is 1. The van der Waals surface area contributed by atoms with Gasteiger partial charge in [0.15, 0.2) is 0 Å². The van der Waals surface area contributed by atoms with Crippen molar-refractivity contribution in [3.05, 3.63) is 77.4 Å². The summed E-state index contributed by atoms with van der Waals surface area (Å²) in [5.74, 6) is 1.38. The first-order chi connectivity index (χ1) is 10.2. The van der Waals surface area contributed by atoms with Gasteiger partial charge in [-0.3, -0.25) is 0 Å². The van der Waals surface area contributed by atoms with E-state index in [1.54, 1.807) is 0 Å². The van der Waals surface area contributed by atoms with Crippen LogP contribution in [-0.2, 0) is 0 Å². The Morgan fingerprint density at radius 1 is 0.952 bits per heavy atom. The first kappa shape index (κ1) is 12.5. The average Bonchev–Trinajstić information content (AvgIpc) is 2.84. The lowest BCUT2D eigenvalue weighted by molar-refractivity contribution is 0.268. The van der Waals surface area contributed by atoms with Gasteiger partial charge < -0.3 is 4.74 Å². The third-order valence-corrected chi connectivity index (χ3v) is 4.33. The number of benzene rings is 2. The average molecular weight is 274 g/mol. The van der Waals surface area contributed by atoms with Gasteiger partial charge in [0.2, 0.25) is 0 Å². The number of hydrogen-bond acceptors (Lipinski definition) is 1. The van der Waals surface area contributed by atoms with Crippen molar-refractivity contribution in [2.45, 2.75) is 25.9 Å². The van der Waals surface area contributed by atoms with Crippen molar-refractivity contribution in [3.63, 3.8) is 0 Å². The molecule has 1 aliphatic heterocycles. The fourth-order valence-electron chi connectivity index (χ4n) is 3.25.